The van der Waals surface area contributed by atoms with Crippen LogP contribution in [-0.4, -0.2) is 10.8 Å². The number of allylic oxidation sites excluding steroid dienone is 1. The monoisotopic (exact) mass is 277 g/mol. The fraction of sp³-hybridized carbons (Fsp3) is 0. The van der Waals surface area contributed by atoms with Crippen molar-refractivity contribution in [2.24, 2.45) is 0 Å². The van der Waals surface area contributed by atoms with E-state index >= 15 is 0 Å². The molecule has 90 valence electrons. The Morgan fingerprint density at radius 2 is 1.78 bits per heavy atom. The van der Waals surface area contributed by atoms with Crippen molar-refractivity contribution in [1.29, 1.82) is 0 Å². The van der Waals surface area contributed by atoms with Crippen LogP contribution in [0.25, 0.3) is 6.08 Å². The van der Waals surface area contributed by atoms with Gasteiger partial charge in [-0.3, -0.25) is 9.78 Å². The third kappa shape index (κ3) is 3.19. The molecule has 18 heavy (non-hydrogen) atoms. The molecule has 0 radical (unpaired) electrons. The Morgan fingerprint density at radius 3 is 2.44 bits per heavy atom. The predicted molar refractivity (Wildman–Crippen MR) is 74.1 cm³/mol. The Bertz CT molecular complexity index is 594. The largest absolute Gasteiger partial charge is 0.289 e. The van der Waals surface area contributed by atoms with E-state index in [-0.39, 0.29) is 5.78 Å². The van der Waals surface area contributed by atoms with Gasteiger partial charge in [0.05, 0.1) is 10.0 Å². The zero-order valence-electron chi connectivity index (χ0n) is 9.31. The summed E-state index contributed by atoms with van der Waals surface area (Å²) in [5.41, 5.74) is 1.42. The summed E-state index contributed by atoms with van der Waals surface area (Å²) >= 11 is 11.6. The Labute approximate surface area is 115 Å². The molecule has 0 saturated carbocycles. The number of rotatable bonds is 3. The number of ketones is 1. The van der Waals surface area contributed by atoms with E-state index in [4.69, 9.17) is 23.2 Å². The smallest absolute Gasteiger partial charge is 0.185 e. The molecule has 0 unspecified atom stereocenters. The average Bonchev–Trinajstić information content (AvgIpc) is 2.40. The van der Waals surface area contributed by atoms with E-state index in [1.165, 1.54) is 6.08 Å². The lowest BCUT2D eigenvalue weighted by molar-refractivity contribution is 0.104. The fourth-order valence-corrected chi connectivity index (χ4v) is 1.69. The van der Waals surface area contributed by atoms with Crippen molar-refractivity contribution in [3.05, 3.63) is 70.0 Å². The van der Waals surface area contributed by atoms with Gasteiger partial charge in [-0.2, -0.15) is 0 Å². The molecule has 1 aromatic carbocycles. The van der Waals surface area contributed by atoms with E-state index in [0.717, 1.165) is 5.56 Å². The predicted octanol–water partition coefficient (Wildman–Crippen LogP) is 4.28. The lowest BCUT2D eigenvalue weighted by atomic mass is 10.1. The van der Waals surface area contributed by atoms with E-state index in [2.05, 4.69) is 4.98 Å². The van der Waals surface area contributed by atoms with Gasteiger partial charge in [-0.15, -0.1) is 0 Å². The first-order chi connectivity index (χ1) is 8.66. The van der Waals surface area contributed by atoms with Crippen LogP contribution in [0.4, 0.5) is 0 Å². The van der Waals surface area contributed by atoms with Gasteiger partial charge in [-0.1, -0.05) is 29.3 Å². The molecule has 0 saturated heterocycles. The van der Waals surface area contributed by atoms with Gasteiger partial charge in [0.25, 0.3) is 0 Å². The van der Waals surface area contributed by atoms with E-state index in [9.17, 15) is 4.79 Å². The summed E-state index contributed by atoms with van der Waals surface area (Å²) in [5, 5.41) is 0.811. The third-order valence-corrected chi connectivity index (χ3v) is 3.08. The molecule has 0 N–H and O–H groups in total. The summed E-state index contributed by atoms with van der Waals surface area (Å²) in [4.78, 5) is 15.8. The SMILES string of the molecule is O=C(/C=C/c1ccncc1)c1ccc(Cl)c(Cl)c1. The Morgan fingerprint density at radius 1 is 1.06 bits per heavy atom. The van der Waals surface area contributed by atoms with Gasteiger partial charge in [0.15, 0.2) is 5.78 Å². The second-order valence-electron chi connectivity index (χ2n) is 3.61. The number of hydrogen-bond donors (Lipinski definition) is 0. The van der Waals surface area contributed by atoms with E-state index in [1.54, 1.807) is 36.7 Å². The summed E-state index contributed by atoms with van der Waals surface area (Å²) in [6.07, 6.45) is 6.56. The zero-order valence-corrected chi connectivity index (χ0v) is 10.8. The average molecular weight is 278 g/mol. The van der Waals surface area contributed by atoms with Crippen LogP contribution in [0.5, 0.6) is 0 Å². The highest BCUT2D eigenvalue weighted by molar-refractivity contribution is 6.42. The molecule has 1 heterocycles. The van der Waals surface area contributed by atoms with Gasteiger partial charge in [0.2, 0.25) is 0 Å². The minimum Gasteiger partial charge on any atom is -0.289 e. The summed E-state index contributed by atoms with van der Waals surface area (Å²) in [5.74, 6) is -0.120. The number of carbonyl (C=O) groups excluding carboxylic acids is 1. The van der Waals surface area contributed by atoms with E-state index in [1.807, 2.05) is 12.1 Å². The highest BCUT2D eigenvalue weighted by Gasteiger charge is 2.04. The summed E-state index contributed by atoms with van der Waals surface area (Å²) < 4.78 is 0. The van der Waals surface area contributed by atoms with Crippen LogP contribution in [0.15, 0.2) is 48.8 Å². The maximum Gasteiger partial charge on any atom is 0.185 e. The van der Waals surface area contributed by atoms with Crippen molar-refractivity contribution in [2.75, 3.05) is 0 Å². The molecular weight excluding hydrogens is 269 g/mol. The van der Waals surface area contributed by atoms with E-state index < -0.39 is 0 Å². The highest BCUT2D eigenvalue weighted by atomic mass is 35.5. The maximum absolute atomic E-state index is 11.9. The van der Waals surface area contributed by atoms with Crippen LogP contribution in [0, 0.1) is 0 Å². The molecule has 0 aliphatic rings. The Balaban J connectivity index is 2.17. The van der Waals surface area contributed by atoms with Crippen LogP contribution < -0.4 is 0 Å². The van der Waals surface area contributed by atoms with Crippen LogP contribution in [0.1, 0.15) is 15.9 Å². The third-order valence-electron chi connectivity index (χ3n) is 2.34. The van der Waals surface area contributed by atoms with Crippen LogP contribution in [-0.2, 0) is 0 Å². The molecule has 0 bridgehead atoms. The number of carbonyl (C=O) groups is 1. The quantitative estimate of drug-likeness (QED) is 0.619. The van der Waals surface area contributed by atoms with Crippen LogP contribution >= 0.6 is 23.2 Å². The van der Waals surface area contributed by atoms with Gasteiger partial charge in [-0.05, 0) is 42.0 Å². The van der Waals surface area contributed by atoms with Gasteiger partial charge < -0.3 is 0 Å². The fourth-order valence-electron chi connectivity index (χ4n) is 1.39. The number of hydrogen-bond acceptors (Lipinski definition) is 2. The van der Waals surface area contributed by atoms with Crippen molar-refractivity contribution in [2.45, 2.75) is 0 Å². The standard InChI is InChI=1S/C14H9Cl2NO/c15-12-3-2-11(9-13(12)16)14(18)4-1-10-5-7-17-8-6-10/h1-9H/b4-1+. The molecule has 0 aliphatic heterocycles. The van der Waals surface area contributed by atoms with Gasteiger partial charge in [-0.25, -0.2) is 0 Å². The lowest BCUT2D eigenvalue weighted by Crippen LogP contribution is -1.93. The molecule has 0 fully saturated rings. The van der Waals surface area contributed by atoms with Crippen molar-refractivity contribution < 1.29 is 4.79 Å². The molecule has 2 rings (SSSR count). The number of halogens is 2. The normalized spacial score (nSPS) is 10.8. The molecule has 0 spiro atoms. The minimum atomic E-state index is -0.120. The Hall–Kier alpha value is -1.64. The van der Waals surface area contributed by atoms with Crippen molar-refractivity contribution in [3.8, 4) is 0 Å². The number of nitrogens with zero attached hydrogens (tertiary/aromatic N) is 1. The first-order valence-electron chi connectivity index (χ1n) is 5.24. The van der Waals surface area contributed by atoms with Gasteiger partial charge >= 0.3 is 0 Å². The van der Waals surface area contributed by atoms with Crippen molar-refractivity contribution in [1.82, 2.24) is 4.98 Å². The molecule has 0 amide bonds. The topological polar surface area (TPSA) is 30.0 Å². The number of aromatic nitrogens is 1. The van der Waals surface area contributed by atoms with Gasteiger partial charge in [0, 0.05) is 18.0 Å². The minimum absolute atomic E-state index is 0.120. The zero-order chi connectivity index (χ0) is 13.0. The molecule has 2 aromatic rings. The van der Waals surface area contributed by atoms with Gasteiger partial charge in [0.1, 0.15) is 0 Å². The molecule has 0 atom stereocenters. The lowest BCUT2D eigenvalue weighted by Gasteiger charge is -1.99. The summed E-state index contributed by atoms with van der Waals surface area (Å²) in [6.45, 7) is 0. The van der Waals surface area contributed by atoms with Crippen molar-refractivity contribution in [3.63, 3.8) is 0 Å². The van der Waals surface area contributed by atoms with Crippen molar-refractivity contribution >= 4 is 35.1 Å². The summed E-state index contributed by atoms with van der Waals surface area (Å²) in [7, 11) is 0. The second kappa shape index (κ2) is 5.80. The molecular formula is C14H9Cl2NO. The molecule has 4 heteroatoms. The van der Waals surface area contributed by atoms with Crippen LogP contribution in [0.3, 0.4) is 0 Å². The van der Waals surface area contributed by atoms with E-state index in [0.29, 0.717) is 15.6 Å². The maximum atomic E-state index is 11.9. The second-order valence-corrected chi connectivity index (χ2v) is 4.42. The number of pyridine rings is 1. The number of benzene rings is 1. The Kier molecular flexibility index (Phi) is 4.13. The molecule has 0 aliphatic carbocycles. The first-order valence-corrected chi connectivity index (χ1v) is 6.00. The summed E-state index contributed by atoms with van der Waals surface area (Å²) in [6, 6.07) is 8.45. The molecule has 2 nitrogen and oxygen atoms in total. The first kappa shape index (κ1) is 12.8. The highest BCUT2D eigenvalue weighted by Crippen LogP contribution is 2.23. The van der Waals surface area contributed by atoms with Crippen LogP contribution in [0.2, 0.25) is 10.0 Å². The molecule has 1 aromatic heterocycles.